The zero-order valence-corrected chi connectivity index (χ0v) is 25.6. The first-order chi connectivity index (χ1) is 21.5. The molecule has 7 heterocycles. The molecular weight excluding hydrogens is 534 g/mol. The second kappa shape index (κ2) is 9.17. The Morgan fingerprint density at radius 3 is 2.02 bits per heavy atom. The lowest BCUT2D eigenvalue weighted by Gasteiger charge is -2.20. The van der Waals surface area contributed by atoms with Crippen LogP contribution in [0.25, 0.3) is 56.4 Å². The van der Waals surface area contributed by atoms with Gasteiger partial charge in [0, 0.05) is 41.0 Å². The molecule has 210 valence electrons. The molecule has 0 saturated carbocycles. The smallest absolute Gasteiger partial charge is 0.180 e. The summed E-state index contributed by atoms with van der Waals surface area (Å²) in [6.45, 7) is 9.18. The topological polar surface area (TPSA) is 11.6 Å². The number of rotatable bonds is 0. The van der Waals surface area contributed by atoms with Crippen molar-refractivity contribution in [1.29, 1.82) is 0 Å². The van der Waals surface area contributed by atoms with Gasteiger partial charge >= 0.3 is 0 Å². The molecule has 0 fully saturated rings. The Labute approximate surface area is 258 Å². The van der Waals surface area contributed by atoms with Gasteiger partial charge in [0.1, 0.15) is 11.1 Å². The zero-order valence-electron chi connectivity index (χ0n) is 25.6. The summed E-state index contributed by atoms with van der Waals surface area (Å²) in [4.78, 5) is 0. The molecule has 3 aromatic heterocycles. The largest absolute Gasteiger partial charge is 0.268 e. The molecule has 0 radical (unpaired) electrons. The first kappa shape index (κ1) is 25.4. The SMILES string of the molecule is Cc1cc(C)c2c3c1-c1cccc[n+]1/C1=C/Cc4ccccc4-c4c(C)cc(C)c([n+]4-3)-c3ccccc3C1[n+]1ccccc1-2. The van der Waals surface area contributed by atoms with Gasteiger partial charge in [-0.15, -0.1) is 0 Å². The van der Waals surface area contributed by atoms with Crippen LogP contribution in [0.5, 0.6) is 0 Å². The van der Waals surface area contributed by atoms with E-state index in [4.69, 9.17) is 0 Å². The van der Waals surface area contributed by atoms with Crippen LogP contribution in [0.1, 0.15) is 39.4 Å². The predicted octanol–water partition coefficient (Wildman–Crippen LogP) is 7.75. The van der Waals surface area contributed by atoms with E-state index >= 15 is 0 Å². The first-order valence-electron chi connectivity index (χ1n) is 15.6. The van der Waals surface area contributed by atoms with Crippen molar-refractivity contribution in [3.05, 3.63) is 149 Å². The van der Waals surface area contributed by atoms with Crippen molar-refractivity contribution in [2.45, 2.75) is 40.2 Å². The Hall–Kier alpha value is -5.15. The van der Waals surface area contributed by atoms with Crippen LogP contribution in [0.2, 0.25) is 0 Å². The molecule has 8 bridgehead atoms. The van der Waals surface area contributed by atoms with Crippen LogP contribution in [-0.2, 0) is 6.42 Å². The second-order valence-corrected chi connectivity index (χ2v) is 12.6. The Balaban J connectivity index is 1.71. The van der Waals surface area contributed by atoms with Gasteiger partial charge in [0.2, 0.25) is 28.5 Å². The van der Waals surface area contributed by atoms with Crippen LogP contribution in [-0.4, -0.2) is 0 Å². The van der Waals surface area contributed by atoms with Crippen molar-refractivity contribution >= 4 is 5.70 Å². The number of pyridine rings is 3. The van der Waals surface area contributed by atoms with Crippen molar-refractivity contribution < 1.29 is 13.7 Å². The molecule has 4 aliphatic heterocycles. The third kappa shape index (κ3) is 3.30. The Morgan fingerprint density at radius 1 is 0.591 bits per heavy atom. The molecule has 3 nitrogen and oxygen atoms in total. The summed E-state index contributed by atoms with van der Waals surface area (Å²) in [5.74, 6) is 0. The van der Waals surface area contributed by atoms with Gasteiger partial charge in [-0.25, -0.2) is 0 Å². The summed E-state index contributed by atoms with van der Waals surface area (Å²) in [7, 11) is 0. The standard InChI is InChI=1S/C41H34N3/c1-25-23-26(2)37-34-18-10-12-22-43(34)40-32-16-8-7-15-31(32)39-28(4)24-27(3)38-30-14-6-5-13-29(30)19-20-35(40)42-21-11-9-17-33(42)36(25)41(37)44(38)39/h5-18,20-24,40H,19H2,1-4H3/q+3/b35-20+. The van der Waals surface area contributed by atoms with Crippen LogP contribution in [0.15, 0.2) is 116 Å². The van der Waals surface area contributed by atoms with Crippen molar-refractivity contribution in [2.75, 3.05) is 0 Å². The monoisotopic (exact) mass is 568 g/mol. The lowest BCUT2D eigenvalue weighted by molar-refractivity contribution is -0.714. The summed E-state index contributed by atoms with van der Waals surface area (Å²) in [5, 5.41) is 0. The van der Waals surface area contributed by atoms with Crippen molar-refractivity contribution in [2.24, 2.45) is 0 Å². The first-order valence-corrected chi connectivity index (χ1v) is 15.6. The summed E-state index contributed by atoms with van der Waals surface area (Å²) in [6.07, 6.45) is 7.89. The lowest BCUT2D eigenvalue weighted by Crippen LogP contribution is -2.50. The van der Waals surface area contributed by atoms with E-state index in [1.807, 2.05) is 0 Å². The molecule has 0 N–H and O–H groups in total. The van der Waals surface area contributed by atoms with Crippen molar-refractivity contribution in [3.63, 3.8) is 0 Å². The average Bonchev–Trinajstić information content (AvgIpc) is 3.07. The molecule has 10 rings (SSSR count). The van der Waals surface area contributed by atoms with E-state index in [1.54, 1.807) is 0 Å². The lowest BCUT2D eigenvalue weighted by atomic mass is 9.88. The van der Waals surface area contributed by atoms with Gasteiger partial charge in [-0.05, 0) is 87.2 Å². The number of hydrogen-bond donors (Lipinski definition) is 0. The van der Waals surface area contributed by atoms with E-state index in [9.17, 15) is 0 Å². The van der Waals surface area contributed by atoms with Crippen LogP contribution < -0.4 is 13.7 Å². The van der Waals surface area contributed by atoms with Crippen molar-refractivity contribution in [3.8, 4) is 50.7 Å². The minimum absolute atomic E-state index is 0.0590. The highest BCUT2D eigenvalue weighted by Crippen LogP contribution is 2.45. The molecular formula is C41H34N3+3. The Kier molecular flexibility index (Phi) is 5.29. The average molecular weight is 569 g/mol. The quantitative estimate of drug-likeness (QED) is 0.166. The van der Waals surface area contributed by atoms with E-state index in [1.165, 1.54) is 89.8 Å². The summed E-state index contributed by atoms with van der Waals surface area (Å²) in [5.41, 5.74) is 20.5. The van der Waals surface area contributed by atoms with Gasteiger partial charge in [0.15, 0.2) is 12.4 Å². The van der Waals surface area contributed by atoms with Gasteiger partial charge in [-0.1, -0.05) is 42.5 Å². The second-order valence-electron chi connectivity index (χ2n) is 12.6. The summed E-state index contributed by atoms with van der Waals surface area (Å²) >= 11 is 0. The Bertz CT molecular complexity index is 2250. The van der Waals surface area contributed by atoms with Crippen LogP contribution in [0.4, 0.5) is 0 Å². The van der Waals surface area contributed by atoms with Crippen LogP contribution >= 0.6 is 0 Å². The maximum Gasteiger partial charge on any atom is 0.268 e. The fourth-order valence-electron chi connectivity index (χ4n) is 8.31. The maximum atomic E-state index is 2.65. The normalized spacial score (nSPS) is 16.3. The van der Waals surface area contributed by atoms with Gasteiger partial charge in [0.05, 0.1) is 11.1 Å². The number of nitrogens with zero attached hydrogens (tertiary/aromatic N) is 3. The number of fused-ring (bicyclic) bond motifs is 1. The highest BCUT2D eigenvalue weighted by atomic mass is 15.1. The molecule has 0 spiro atoms. The maximum absolute atomic E-state index is 2.65. The Morgan fingerprint density at radius 2 is 1.20 bits per heavy atom. The number of allylic oxidation sites excluding steroid dienone is 2. The van der Waals surface area contributed by atoms with Gasteiger partial charge < -0.3 is 0 Å². The molecule has 3 heteroatoms. The highest BCUT2D eigenvalue weighted by Gasteiger charge is 2.48. The summed E-state index contributed by atoms with van der Waals surface area (Å²) in [6, 6.07) is 36.3. The molecule has 0 saturated heterocycles. The van der Waals surface area contributed by atoms with E-state index in [2.05, 4.69) is 157 Å². The van der Waals surface area contributed by atoms with E-state index in [-0.39, 0.29) is 6.04 Å². The molecule has 44 heavy (non-hydrogen) atoms. The zero-order chi connectivity index (χ0) is 29.7. The third-order valence-electron chi connectivity index (χ3n) is 9.96. The fraction of sp³-hybridized carbons (Fsp3) is 0.146. The molecule has 1 atom stereocenters. The van der Waals surface area contributed by atoms with E-state index < -0.39 is 0 Å². The predicted molar refractivity (Wildman–Crippen MR) is 175 cm³/mol. The number of benzene rings is 3. The molecule has 3 aromatic carbocycles. The molecule has 1 unspecified atom stereocenters. The van der Waals surface area contributed by atoms with Crippen LogP contribution in [0.3, 0.4) is 0 Å². The van der Waals surface area contributed by atoms with E-state index in [0.717, 1.165) is 6.42 Å². The molecule has 0 amide bonds. The third-order valence-corrected chi connectivity index (χ3v) is 9.96. The number of aryl methyl sites for hydroxylation is 4. The van der Waals surface area contributed by atoms with Crippen molar-refractivity contribution in [1.82, 2.24) is 0 Å². The minimum Gasteiger partial charge on any atom is -0.180 e. The molecule has 0 aliphatic carbocycles. The van der Waals surface area contributed by atoms with Gasteiger partial charge in [0.25, 0.3) is 11.7 Å². The molecule has 6 aromatic rings. The fourth-order valence-corrected chi connectivity index (χ4v) is 8.31. The molecule has 4 aliphatic rings. The number of aromatic nitrogens is 3. The van der Waals surface area contributed by atoms with E-state index in [0.29, 0.717) is 0 Å². The van der Waals surface area contributed by atoms with Gasteiger partial charge in [-0.2, -0.15) is 13.7 Å². The number of hydrogen-bond acceptors (Lipinski definition) is 0. The highest BCUT2D eigenvalue weighted by molar-refractivity contribution is 5.86. The minimum atomic E-state index is -0.0590. The summed E-state index contributed by atoms with van der Waals surface area (Å²) < 4.78 is 7.66. The van der Waals surface area contributed by atoms with Gasteiger partial charge in [-0.3, -0.25) is 0 Å². The van der Waals surface area contributed by atoms with Crippen LogP contribution in [0, 0.1) is 27.7 Å².